The molecule has 0 amide bonds. The van der Waals surface area contributed by atoms with E-state index in [1.807, 2.05) is 44.2 Å². The van der Waals surface area contributed by atoms with Crippen molar-refractivity contribution in [1.82, 2.24) is 20.2 Å². The predicted octanol–water partition coefficient (Wildman–Crippen LogP) is 4.78. The van der Waals surface area contributed by atoms with Crippen molar-refractivity contribution in [2.75, 3.05) is 27.3 Å². The molecule has 7 nitrogen and oxygen atoms in total. The molecule has 0 aliphatic carbocycles. The van der Waals surface area contributed by atoms with Crippen LogP contribution in [0.1, 0.15) is 24.7 Å². The number of methoxy groups -OCH3 is 1. The van der Waals surface area contributed by atoms with Crippen LogP contribution < -0.4 is 20.1 Å². The molecule has 0 saturated heterocycles. The van der Waals surface area contributed by atoms with E-state index < -0.39 is 0 Å². The molecule has 0 saturated carbocycles. The maximum Gasteiger partial charge on any atom is 0.191 e. The number of benzene rings is 2. The zero-order valence-electron chi connectivity index (χ0n) is 18.9. The van der Waals surface area contributed by atoms with Gasteiger partial charge in [-0.05, 0) is 50.1 Å². The van der Waals surface area contributed by atoms with Gasteiger partial charge in [-0.2, -0.15) is 0 Å². The summed E-state index contributed by atoms with van der Waals surface area (Å²) in [6.45, 7) is 6.73. The molecule has 0 atom stereocenters. The van der Waals surface area contributed by atoms with Gasteiger partial charge >= 0.3 is 0 Å². The lowest BCUT2D eigenvalue weighted by atomic mass is 10.2. The minimum absolute atomic E-state index is 0. The van der Waals surface area contributed by atoms with Crippen LogP contribution in [-0.4, -0.2) is 42.8 Å². The molecule has 3 aromatic rings. The topological polar surface area (TPSA) is 72.7 Å². The van der Waals surface area contributed by atoms with Crippen LogP contribution in [0.2, 0.25) is 5.02 Å². The Balaban J connectivity index is 0.00000363. The number of guanidine groups is 1. The van der Waals surface area contributed by atoms with Gasteiger partial charge in [0.2, 0.25) is 0 Å². The fraction of sp³-hybridized carbons (Fsp3) is 0.391. The molecule has 0 bridgehead atoms. The number of nitrogens with zero attached hydrogens (tertiary/aromatic N) is 3. The largest absolute Gasteiger partial charge is 0.493 e. The van der Waals surface area contributed by atoms with Crippen molar-refractivity contribution in [2.45, 2.75) is 33.4 Å². The number of halogens is 2. The number of para-hydroxylation sites is 2. The highest BCUT2D eigenvalue weighted by atomic mass is 127. The van der Waals surface area contributed by atoms with Gasteiger partial charge in [0.25, 0.3) is 0 Å². The first-order valence-corrected chi connectivity index (χ1v) is 10.8. The molecule has 0 unspecified atom stereocenters. The van der Waals surface area contributed by atoms with Gasteiger partial charge < -0.3 is 24.7 Å². The second-order valence-corrected chi connectivity index (χ2v) is 7.45. The summed E-state index contributed by atoms with van der Waals surface area (Å²) >= 11 is 6.36. The van der Waals surface area contributed by atoms with Crippen LogP contribution in [0.15, 0.2) is 41.4 Å². The van der Waals surface area contributed by atoms with E-state index in [9.17, 15) is 0 Å². The Morgan fingerprint density at radius 1 is 1.22 bits per heavy atom. The SMILES string of the molecule is CCOc1c(Cl)cc(CNC(=NC)NCCCn2c(C)nc3ccccc32)cc1OC.I. The molecule has 3 rings (SSSR count). The van der Waals surface area contributed by atoms with Gasteiger partial charge in [-0.3, -0.25) is 4.99 Å². The summed E-state index contributed by atoms with van der Waals surface area (Å²) in [6.07, 6.45) is 0.949. The van der Waals surface area contributed by atoms with Crippen LogP contribution in [0.5, 0.6) is 11.5 Å². The van der Waals surface area contributed by atoms with Gasteiger partial charge in [-0.25, -0.2) is 4.98 Å². The molecule has 0 aliphatic rings. The Morgan fingerprint density at radius 3 is 2.72 bits per heavy atom. The minimum atomic E-state index is 0. The Bertz CT molecular complexity index is 1050. The number of aliphatic imine (C=N–C) groups is 1. The van der Waals surface area contributed by atoms with E-state index in [1.165, 1.54) is 5.52 Å². The maximum absolute atomic E-state index is 6.36. The summed E-state index contributed by atoms with van der Waals surface area (Å²) < 4.78 is 13.2. The lowest BCUT2D eigenvalue weighted by Crippen LogP contribution is -2.37. The van der Waals surface area contributed by atoms with Crippen molar-refractivity contribution in [3.63, 3.8) is 0 Å². The van der Waals surface area contributed by atoms with Crippen LogP contribution in [0.3, 0.4) is 0 Å². The summed E-state index contributed by atoms with van der Waals surface area (Å²) in [5.41, 5.74) is 3.19. The van der Waals surface area contributed by atoms with Gasteiger partial charge in [0.05, 0.1) is 29.8 Å². The van der Waals surface area contributed by atoms with Gasteiger partial charge in [-0.15, -0.1) is 24.0 Å². The highest BCUT2D eigenvalue weighted by Crippen LogP contribution is 2.36. The number of hydrogen-bond donors (Lipinski definition) is 2. The highest BCUT2D eigenvalue weighted by molar-refractivity contribution is 14.0. The summed E-state index contributed by atoms with van der Waals surface area (Å²) in [7, 11) is 3.37. The predicted molar refractivity (Wildman–Crippen MR) is 142 cm³/mol. The van der Waals surface area contributed by atoms with Crippen molar-refractivity contribution < 1.29 is 9.47 Å². The number of nitrogens with one attached hydrogen (secondary N) is 2. The number of rotatable bonds is 9. The first kappa shape index (κ1) is 26.1. The van der Waals surface area contributed by atoms with Gasteiger partial charge in [-0.1, -0.05) is 23.7 Å². The van der Waals surface area contributed by atoms with E-state index >= 15 is 0 Å². The third kappa shape index (κ3) is 6.41. The van der Waals surface area contributed by atoms with E-state index in [-0.39, 0.29) is 24.0 Å². The number of imidazole rings is 1. The molecule has 0 radical (unpaired) electrons. The van der Waals surface area contributed by atoms with E-state index in [0.29, 0.717) is 29.7 Å². The molecule has 9 heteroatoms. The van der Waals surface area contributed by atoms with Crippen LogP contribution >= 0.6 is 35.6 Å². The molecule has 0 aliphatic heterocycles. The monoisotopic (exact) mass is 571 g/mol. The zero-order valence-corrected chi connectivity index (χ0v) is 22.0. The number of ether oxygens (including phenoxy) is 2. The second kappa shape index (κ2) is 12.7. The van der Waals surface area contributed by atoms with Crippen LogP contribution in [-0.2, 0) is 13.1 Å². The molecular weight excluding hydrogens is 541 g/mol. The number of fused-ring (bicyclic) bond motifs is 1. The lowest BCUT2D eigenvalue weighted by Gasteiger charge is -2.15. The second-order valence-electron chi connectivity index (χ2n) is 7.05. The molecule has 0 spiro atoms. The summed E-state index contributed by atoms with van der Waals surface area (Å²) in [5, 5.41) is 7.21. The van der Waals surface area contributed by atoms with E-state index in [0.717, 1.165) is 42.4 Å². The molecule has 0 fully saturated rings. The van der Waals surface area contributed by atoms with Crippen molar-refractivity contribution in [2.24, 2.45) is 4.99 Å². The van der Waals surface area contributed by atoms with E-state index in [1.54, 1.807) is 14.2 Å². The van der Waals surface area contributed by atoms with Crippen LogP contribution in [0.4, 0.5) is 0 Å². The Morgan fingerprint density at radius 2 is 2.00 bits per heavy atom. The van der Waals surface area contributed by atoms with Crippen molar-refractivity contribution in [3.8, 4) is 11.5 Å². The van der Waals surface area contributed by atoms with Crippen LogP contribution in [0.25, 0.3) is 11.0 Å². The van der Waals surface area contributed by atoms with Crippen molar-refractivity contribution in [3.05, 3.63) is 52.8 Å². The standard InChI is InChI=1S/C23H30ClN5O2.HI/c1-5-31-22-18(24)13-17(14-21(22)30-4)15-27-23(25-3)26-11-8-12-29-16(2)28-19-9-6-7-10-20(19)29;/h6-7,9-10,13-14H,5,8,11-12,15H2,1-4H3,(H2,25,26,27);1H. The summed E-state index contributed by atoms with van der Waals surface area (Å²) in [5.74, 6) is 2.96. The lowest BCUT2D eigenvalue weighted by molar-refractivity contribution is 0.311. The number of aryl methyl sites for hydroxylation is 2. The molecule has 1 aromatic heterocycles. The smallest absolute Gasteiger partial charge is 0.191 e. The highest BCUT2D eigenvalue weighted by Gasteiger charge is 2.12. The van der Waals surface area contributed by atoms with Gasteiger partial charge in [0, 0.05) is 26.7 Å². The molecule has 2 N–H and O–H groups in total. The third-order valence-electron chi connectivity index (χ3n) is 4.96. The fourth-order valence-corrected chi connectivity index (χ4v) is 3.78. The Labute approximate surface area is 211 Å². The average molecular weight is 572 g/mol. The number of hydrogen-bond acceptors (Lipinski definition) is 4. The first-order chi connectivity index (χ1) is 15.1. The molecule has 174 valence electrons. The van der Waals surface area contributed by atoms with Gasteiger partial charge in [0.1, 0.15) is 5.82 Å². The molecule has 2 aromatic carbocycles. The van der Waals surface area contributed by atoms with E-state index in [2.05, 4.69) is 31.2 Å². The third-order valence-corrected chi connectivity index (χ3v) is 5.24. The number of aromatic nitrogens is 2. The average Bonchev–Trinajstić information content (AvgIpc) is 3.09. The Kier molecular flexibility index (Phi) is 10.4. The summed E-state index contributed by atoms with van der Waals surface area (Å²) in [4.78, 5) is 8.93. The van der Waals surface area contributed by atoms with Crippen molar-refractivity contribution >= 4 is 52.6 Å². The minimum Gasteiger partial charge on any atom is -0.493 e. The molecule has 32 heavy (non-hydrogen) atoms. The van der Waals surface area contributed by atoms with Gasteiger partial charge in [0.15, 0.2) is 17.5 Å². The van der Waals surface area contributed by atoms with Crippen molar-refractivity contribution in [1.29, 1.82) is 0 Å². The Hall–Kier alpha value is -2.20. The fourth-order valence-electron chi connectivity index (χ4n) is 3.49. The molecule has 1 heterocycles. The van der Waals surface area contributed by atoms with Crippen LogP contribution in [0, 0.1) is 6.92 Å². The molecular formula is C23H31ClIN5O2. The normalized spacial score (nSPS) is 11.2. The summed E-state index contributed by atoms with van der Waals surface area (Å²) in [6, 6.07) is 12.0. The maximum atomic E-state index is 6.36. The zero-order chi connectivity index (χ0) is 22.2. The quantitative estimate of drug-likeness (QED) is 0.167. The first-order valence-electron chi connectivity index (χ1n) is 10.4. The van der Waals surface area contributed by atoms with E-state index in [4.69, 9.17) is 21.1 Å².